The molecular weight excluding hydrogens is 299 g/mol. The van der Waals surface area contributed by atoms with Crippen molar-refractivity contribution in [1.29, 1.82) is 0 Å². The minimum Gasteiger partial charge on any atom is -0.335 e. The van der Waals surface area contributed by atoms with Gasteiger partial charge in [0.25, 0.3) is 0 Å². The summed E-state index contributed by atoms with van der Waals surface area (Å²) in [5, 5.41) is 1.62. The highest BCUT2D eigenvalue weighted by Crippen LogP contribution is 2.30. The van der Waals surface area contributed by atoms with Crippen LogP contribution < -0.4 is 0 Å². The molecule has 1 N–H and O–H groups in total. The van der Waals surface area contributed by atoms with E-state index in [0.717, 1.165) is 10.8 Å². The maximum atomic E-state index is 12.8. The number of halogens is 3. The Morgan fingerprint density at radius 1 is 1.14 bits per heavy atom. The van der Waals surface area contributed by atoms with E-state index in [1.54, 1.807) is 30.6 Å². The monoisotopic (exact) mass is 307 g/mol. The van der Waals surface area contributed by atoms with Gasteiger partial charge in [0, 0.05) is 23.3 Å². The number of aromatic amines is 1. The Labute approximate surface area is 122 Å². The van der Waals surface area contributed by atoms with Crippen LogP contribution in [0.3, 0.4) is 0 Å². The van der Waals surface area contributed by atoms with Gasteiger partial charge in [-0.25, -0.2) is 4.98 Å². The van der Waals surface area contributed by atoms with Crippen LogP contribution in [0.25, 0.3) is 22.0 Å². The van der Waals surface area contributed by atoms with E-state index in [1.807, 2.05) is 6.07 Å². The number of aromatic nitrogens is 3. The van der Waals surface area contributed by atoms with Crippen LogP contribution in [0.15, 0.2) is 42.7 Å². The highest BCUT2D eigenvalue weighted by molar-refractivity contribution is 7.71. The average Bonchev–Trinajstić information content (AvgIpc) is 2.45. The van der Waals surface area contributed by atoms with E-state index in [0.29, 0.717) is 5.56 Å². The Hall–Kier alpha value is -2.28. The van der Waals surface area contributed by atoms with E-state index in [1.165, 1.54) is 6.07 Å². The molecule has 0 aliphatic heterocycles. The van der Waals surface area contributed by atoms with Crippen molar-refractivity contribution in [2.75, 3.05) is 0 Å². The van der Waals surface area contributed by atoms with Gasteiger partial charge >= 0.3 is 6.18 Å². The average molecular weight is 307 g/mol. The molecule has 0 spiro atoms. The maximum Gasteiger partial charge on any atom is 0.449 e. The third kappa shape index (κ3) is 2.64. The maximum absolute atomic E-state index is 12.8. The number of H-pyrrole nitrogens is 1. The standard InChI is InChI=1S/C14H8F3N3S/c15-14(16,17)13-19-11(6-12(21)20-13)9-3-1-2-8-4-5-18-7-10(8)9/h1-7H,(H,19,20,21). The lowest BCUT2D eigenvalue weighted by atomic mass is 10.0. The summed E-state index contributed by atoms with van der Waals surface area (Å²) in [4.78, 5) is 9.65. The number of hydrogen-bond donors (Lipinski definition) is 1. The summed E-state index contributed by atoms with van der Waals surface area (Å²) in [6.07, 6.45) is -1.34. The molecule has 21 heavy (non-hydrogen) atoms. The molecule has 0 saturated heterocycles. The molecular formula is C14H8F3N3S. The quantitative estimate of drug-likeness (QED) is 0.679. The third-order valence-electron chi connectivity index (χ3n) is 2.99. The van der Waals surface area contributed by atoms with Crippen LogP contribution in [-0.4, -0.2) is 15.0 Å². The lowest BCUT2D eigenvalue weighted by molar-refractivity contribution is -0.144. The van der Waals surface area contributed by atoms with Gasteiger partial charge in [0.2, 0.25) is 5.82 Å². The van der Waals surface area contributed by atoms with Crippen molar-refractivity contribution in [3.05, 3.63) is 53.2 Å². The fourth-order valence-corrected chi connectivity index (χ4v) is 2.29. The molecule has 7 heteroatoms. The molecule has 1 aromatic carbocycles. The van der Waals surface area contributed by atoms with Crippen molar-refractivity contribution in [2.45, 2.75) is 6.18 Å². The largest absolute Gasteiger partial charge is 0.449 e. The Morgan fingerprint density at radius 2 is 1.95 bits per heavy atom. The topological polar surface area (TPSA) is 41.6 Å². The number of pyridine rings is 1. The lowest BCUT2D eigenvalue weighted by Gasteiger charge is -2.10. The highest BCUT2D eigenvalue weighted by Gasteiger charge is 2.34. The number of benzene rings is 1. The lowest BCUT2D eigenvalue weighted by Crippen LogP contribution is -2.11. The van der Waals surface area contributed by atoms with E-state index in [9.17, 15) is 13.2 Å². The number of hydrogen-bond acceptors (Lipinski definition) is 3. The van der Waals surface area contributed by atoms with E-state index < -0.39 is 12.0 Å². The summed E-state index contributed by atoms with van der Waals surface area (Å²) in [7, 11) is 0. The summed E-state index contributed by atoms with van der Waals surface area (Å²) < 4.78 is 38.4. The summed E-state index contributed by atoms with van der Waals surface area (Å²) in [5.74, 6) is -1.11. The molecule has 0 saturated carbocycles. The minimum atomic E-state index is -4.58. The normalized spacial score (nSPS) is 11.8. The van der Waals surface area contributed by atoms with Crippen molar-refractivity contribution in [3.63, 3.8) is 0 Å². The highest BCUT2D eigenvalue weighted by atomic mass is 32.1. The molecule has 106 valence electrons. The first-order valence-corrected chi connectivity index (χ1v) is 6.37. The fraction of sp³-hybridized carbons (Fsp3) is 0.0714. The Bertz CT molecular complexity index is 866. The van der Waals surface area contributed by atoms with Gasteiger partial charge in [-0.05, 0) is 17.5 Å². The summed E-state index contributed by atoms with van der Waals surface area (Å²) in [6.45, 7) is 0. The first kappa shape index (κ1) is 13.7. The van der Waals surface area contributed by atoms with Crippen molar-refractivity contribution >= 4 is 23.0 Å². The van der Waals surface area contributed by atoms with E-state index in [2.05, 4.69) is 15.0 Å². The van der Waals surface area contributed by atoms with E-state index in [4.69, 9.17) is 12.2 Å². The first-order valence-electron chi connectivity index (χ1n) is 5.97. The van der Waals surface area contributed by atoms with E-state index >= 15 is 0 Å². The predicted octanol–water partition coefficient (Wildman–Crippen LogP) is 4.37. The molecule has 3 nitrogen and oxygen atoms in total. The molecule has 3 aromatic rings. The molecule has 3 rings (SSSR count). The molecule has 2 aromatic heterocycles. The number of rotatable bonds is 1. The SMILES string of the molecule is FC(F)(F)c1nc(=S)cc(-c2cccc3ccncc23)[nH]1. The van der Waals surface area contributed by atoms with Crippen molar-refractivity contribution < 1.29 is 13.2 Å². The summed E-state index contributed by atoms with van der Waals surface area (Å²) in [5.41, 5.74) is 0.862. The third-order valence-corrected chi connectivity index (χ3v) is 3.19. The van der Waals surface area contributed by atoms with Crippen LogP contribution in [0.4, 0.5) is 13.2 Å². The van der Waals surface area contributed by atoms with Crippen LogP contribution in [0.2, 0.25) is 0 Å². The zero-order chi connectivity index (χ0) is 15.0. The molecule has 0 unspecified atom stereocenters. The summed E-state index contributed by atoms with van der Waals surface area (Å²) in [6, 6.07) is 8.54. The van der Waals surface area contributed by atoms with Gasteiger partial charge in [-0.1, -0.05) is 30.4 Å². The fourth-order valence-electron chi connectivity index (χ4n) is 2.09. The molecule has 0 bridgehead atoms. The molecule has 0 fully saturated rings. The minimum absolute atomic E-state index is 0.114. The Kier molecular flexibility index (Phi) is 3.21. The number of fused-ring (bicyclic) bond motifs is 1. The summed E-state index contributed by atoms with van der Waals surface area (Å²) >= 11 is 4.83. The van der Waals surface area contributed by atoms with Gasteiger partial charge in [-0.15, -0.1) is 0 Å². The number of nitrogens with one attached hydrogen (secondary N) is 1. The molecule has 2 heterocycles. The van der Waals surface area contributed by atoms with Crippen LogP contribution in [0, 0.1) is 4.64 Å². The molecule has 0 amide bonds. The number of nitrogens with zero attached hydrogens (tertiary/aromatic N) is 2. The van der Waals surface area contributed by atoms with Gasteiger partial charge < -0.3 is 4.98 Å². The zero-order valence-corrected chi connectivity index (χ0v) is 11.3. The molecule has 0 atom stereocenters. The second kappa shape index (κ2) is 4.92. The van der Waals surface area contributed by atoms with Gasteiger partial charge in [0.1, 0.15) is 4.64 Å². The van der Waals surface area contributed by atoms with Crippen LogP contribution >= 0.6 is 12.2 Å². The Balaban J connectivity index is 2.29. The van der Waals surface area contributed by atoms with Gasteiger partial charge in [-0.2, -0.15) is 13.2 Å². The van der Waals surface area contributed by atoms with E-state index in [-0.39, 0.29) is 10.3 Å². The van der Waals surface area contributed by atoms with Crippen LogP contribution in [-0.2, 0) is 6.18 Å². The van der Waals surface area contributed by atoms with Crippen molar-refractivity contribution in [2.24, 2.45) is 0 Å². The van der Waals surface area contributed by atoms with Crippen molar-refractivity contribution in [3.8, 4) is 11.3 Å². The van der Waals surface area contributed by atoms with Gasteiger partial charge in [0.05, 0.1) is 5.69 Å². The van der Waals surface area contributed by atoms with Crippen LogP contribution in [0.5, 0.6) is 0 Å². The predicted molar refractivity (Wildman–Crippen MR) is 75.2 cm³/mol. The second-order valence-corrected chi connectivity index (χ2v) is 4.80. The number of alkyl halides is 3. The zero-order valence-electron chi connectivity index (χ0n) is 10.5. The Morgan fingerprint density at radius 3 is 2.71 bits per heavy atom. The molecule has 0 aliphatic carbocycles. The second-order valence-electron chi connectivity index (χ2n) is 4.38. The van der Waals surface area contributed by atoms with Crippen molar-refractivity contribution in [1.82, 2.24) is 15.0 Å². The van der Waals surface area contributed by atoms with Gasteiger partial charge in [0.15, 0.2) is 0 Å². The van der Waals surface area contributed by atoms with Gasteiger partial charge in [-0.3, -0.25) is 4.98 Å². The molecule has 0 radical (unpaired) electrons. The molecule has 0 aliphatic rings. The van der Waals surface area contributed by atoms with Crippen LogP contribution in [0.1, 0.15) is 5.82 Å². The smallest absolute Gasteiger partial charge is 0.335 e. The first-order chi connectivity index (χ1) is 9.95.